The number of thioether (sulfide) groups is 1. The second kappa shape index (κ2) is 6.35. The number of aliphatic carboxylic acids is 1. The highest BCUT2D eigenvalue weighted by Gasteiger charge is 2.32. The van der Waals surface area contributed by atoms with Crippen LogP contribution in [0.25, 0.3) is 0 Å². The Labute approximate surface area is 95.7 Å². The zero-order valence-electron chi connectivity index (χ0n) is 9.86. The summed E-state index contributed by atoms with van der Waals surface area (Å²) in [5.41, 5.74) is -1.67. The van der Waals surface area contributed by atoms with E-state index in [-0.39, 0.29) is 6.54 Å². The Morgan fingerprint density at radius 1 is 1.60 bits per heavy atom. The minimum absolute atomic E-state index is 0.154. The maximum Gasteiger partial charge on any atom is 0.336 e. The quantitative estimate of drug-likeness (QED) is 0.686. The van der Waals surface area contributed by atoms with Crippen molar-refractivity contribution in [2.75, 3.05) is 25.6 Å². The summed E-state index contributed by atoms with van der Waals surface area (Å²) in [7, 11) is 1.85. The monoisotopic (exact) mass is 235 g/mol. The normalized spacial score (nSPS) is 17.5. The molecule has 0 aliphatic carbocycles. The van der Waals surface area contributed by atoms with E-state index in [1.807, 2.05) is 18.2 Å². The van der Waals surface area contributed by atoms with Gasteiger partial charge in [0.25, 0.3) is 0 Å². The van der Waals surface area contributed by atoms with Crippen molar-refractivity contribution in [3.8, 4) is 0 Å². The molecule has 0 bridgehead atoms. The molecule has 0 aromatic heterocycles. The number of likely N-dealkylation sites (N-methyl/N-ethyl adjacent to an activating group) is 1. The summed E-state index contributed by atoms with van der Waals surface area (Å²) in [4.78, 5) is 12.7. The average molecular weight is 235 g/mol. The van der Waals surface area contributed by atoms with E-state index in [2.05, 4.69) is 6.92 Å². The van der Waals surface area contributed by atoms with Gasteiger partial charge >= 0.3 is 5.97 Å². The van der Waals surface area contributed by atoms with Crippen molar-refractivity contribution in [3.63, 3.8) is 0 Å². The lowest BCUT2D eigenvalue weighted by molar-refractivity contribution is -0.158. The summed E-state index contributed by atoms with van der Waals surface area (Å²) in [6.07, 6.45) is 2.97. The van der Waals surface area contributed by atoms with Crippen molar-refractivity contribution in [2.45, 2.75) is 31.9 Å². The van der Waals surface area contributed by atoms with Crippen LogP contribution in [0.1, 0.15) is 20.3 Å². The number of aliphatic hydroxyl groups is 1. The van der Waals surface area contributed by atoms with Crippen LogP contribution in [0.2, 0.25) is 0 Å². The first-order valence-electron chi connectivity index (χ1n) is 5.00. The van der Waals surface area contributed by atoms with Gasteiger partial charge in [-0.2, -0.15) is 11.8 Å². The van der Waals surface area contributed by atoms with Gasteiger partial charge in [0, 0.05) is 18.3 Å². The Morgan fingerprint density at radius 3 is 2.47 bits per heavy atom. The van der Waals surface area contributed by atoms with Gasteiger partial charge in [0.05, 0.1) is 0 Å². The van der Waals surface area contributed by atoms with Crippen LogP contribution in [0, 0.1) is 0 Å². The number of hydrogen-bond donors (Lipinski definition) is 2. The maximum absolute atomic E-state index is 10.7. The number of carboxylic acid groups (broad SMARTS) is 1. The van der Waals surface area contributed by atoms with Crippen molar-refractivity contribution in [2.24, 2.45) is 0 Å². The molecule has 0 heterocycles. The number of hydrogen-bond acceptors (Lipinski definition) is 4. The lowest BCUT2D eigenvalue weighted by Gasteiger charge is -2.31. The van der Waals surface area contributed by atoms with Gasteiger partial charge in [-0.15, -0.1) is 0 Å². The SMILES string of the molecule is CCC(CSC)N(C)CC(C)(O)C(=O)O. The molecule has 15 heavy (non-hydrogen) atoms. The van der Waals surface area contributed by atoms with Gasteiger partial charge in [-0.1, -0.05) is 6.92 Å². The van der Waals surface area contributed by atoms with E-state index in [9.17, 15) is 9.90 Å². The number of carboxylic acids is 1. The van der Waals surface area contributed by atoms with Crippen LogP contribution in [0.3, 0.4) is 0 Å². The Hall–Kier alpha value is -0.260. The molecular weight excluding hydrogens is 214 g/mol. The predicted molar refractivity (Wildman–Crippen MR) is 63.4 cm³/mol. The molecule has 0 amide bonds. The molecule has 2 unspecified atom stereocenters. The molecule has 90 valence electrons. The highest BCUT2D eigenvalue weighted by atomic mass is 32.2. The van der Waals surface area contributed by atoms with E-state index in [1.54, 1.807) is 11.8 Å². The first-order chi connectivity index (χ1) is 6.85. The largest absolute Gasteiger partial charge is 0.479 e. The molecule has 0 saturated heterocycles. The zero-order chi connectivity index (χ0) is 12.1. The Balaban J connectivity index is 4.32. The number of nitrogens with zero attached hydrogens (tertiary/aromatic N) is 1. The summed E-state index contributed by atoms with van der Waals surface area (Å²) >= 11 is 1.73. The summed E-state index contributed by atoms with van der Waals surface area (Å²) in [6, 6.07) is 0.311. The van der Waals surface area contributed by atoms with E-state index in [0.29, 0.717) is 6.04 Å². The average Bonchev–Trinajstić information content (AvgIpc) is 2.12. The molecule has 5 heteroatoms. The lowest BCUT2D eigenvalue weighted by atomic mass is 10.1. The molecule has 2 N–H and O–H groups in total. The van der Waals surface area contributed by atoms with Crippen molar-refractivity contribution < 1.29 is 15.0 Å². The highest BCUT2D eigenvalue weighted by molar-refractivity contribution is 7.98. The van der Waals surface area contributed by atoms with E-state index >= 15 is 0 Å². The van der Waals surface area contributed by atoms with Crippen LogP contribution in [0.5, 0.6) is 0 Å². The van der Waals surface area contributed by atoms with Gasteiger partial charge in [0.1, 0.15) is 0 Å². The molecule has 2 atom stereocenters. The molecule has 0 aliphatic heterocycles. The zero-order valence-corrected chi connectivity index (χ0v) is 10.7. The molecular formula is C10H21NO3S. The number of carbonyl (C=O) groups is 1. The van der Waals surface area contributed by atoms with Crippen molar-refractivity contribution >= 4 is 17.7 Å². The summed E-state index contributed by atoms with van der Waals surface area (Å²) in [5.74, 6) is -0.226. The van der Waals surface area contributed by atoms with Crippen LogP contribution < -0.4 is 0 Å². The Bertz CT molecular complexity index is 209. The van der Waals surface area contributed by atoms with Gasteiger partial charge in [-0.05, 0) is 26.6 Å². The fourth-order valence-electron chi connectivity index (χ4n) is 1.43. The second-order valence-corrected chi connectivity index (χ2v) is 4.92. The standard InChI is InChI=1S/C10H21NO3S/c1-5-8(6-15-4)11(3)7-10(2,14)9(12)13/h8,14H,5-7H2,1-4H3,(H,12,13). The van der Waals surface area contributed by atoms with Crippen LogP contribution in [0.15, 0.2) is 0 Å². The van der Waals surface area contributed by atoms with Crippen LogP contribution in [-0.4, -0.2) is 58.3 Å². The van der Waals surface area contributed by atoms with Gasteiger partial charge in [-0.3, -0.25) is 4.90 Å². The molecule has 0 saturated carbocycles. The van der Waals surface area contributed by atoms with E-state index in [4.69, 9.17) is 5.11 Å². The number of rotatable bonds is 7. The van der Waals surface area contributed by atoms with Crippen molar-refractivity contribution in [1.29, 1.82) is 0 Å². The van der Waals surface area contributed by atoms with Crippen LogP contribution >= 0.6 is 11.8 Å². The third kappa shape index (κ3) is 4.86. The highest BCUT2D eigenvalue weighted by Crippen LogP contribution is 2.13. The van der Waals surface area contributed by atoms with Crippen molar-refractivity contribution in [3.05, 3.63) is 0 Å². The first kappa shape index (κ1) is 14.7. The van der Waals surface area contributed by atoms with Gasteiger partial charge in [0.2, 0.25) is 0 Å². The fourth-order valence-corrected chi connectivity index (χ4v) is 2.31. The second-order valence-electron chi connectivity index (χ2n) is 4.01. The van der Waals surface area contributed by atoms with Gasteiger partial charge in [-0.25, -0.2) is 4.79 Å². The summed E-state index contributed by atoms with van der Waals surface area (Å²) in [6.45, 7) is 3.55. The minimum atomic E-state index is -1.67. The summed E-state index contributed by atoms with van der Waals surface area (Å²) < 4.78 is 0. The Morgan fingerprint density at radius 2 is 2.13 bits per heavy atom. The molecule has 0 rings (SSSR count). The lowest BCUT2D eigenvalue weighted by Crippen LogP contribution is -2.49. The smallest absolute Gasteiger partial charge is 0.336 e. The van der Waals surface area contributed by atoms with E-state index < -0.39 is 11.6 Å². The molecule has 0 spiro atoms. The topological polar surface area (TPSA) is 60.8 Å². The van der Waals surface area contributed by atoms with Gasteiger partial charge < -0.3 is 10.2 Å². The Kier molecular flexibility index (Phi) is 6.24. The maximum atomic E-state index is 10.7. The third-order valence-corrected chi connectivity index (χ3v) is 3.19. The molecule has 0 fully saturated rings. The third-order valence-electron chi connectivity index (χ3n) is 2.47. The molecule has 0 aromatic carbocycles. The predicted octanol–water partition coefficient (Wildman–Crippen LogP) is 0.895. The van der Waals surface area contributed by atoms with Crippen molar-refractivity contribution in [1.82, 2.24) is 4.90 Å². The van der Waals surface area contributed by atoms with E-state index in [1.165, 1.54) is 6.92 Å². The van der Waals surface area contributed by atoms with Gasteiger partial charge in [0.15, 0.2) is 5.60 Å². The van der Waals surface area contributed by atoms with E-state index in [0.717, 1.165) is 12.2 Å². The molecule has 0 radical (unpaired) electrons. The fraction of sp³-hybridized carbons (Fsp3) is 0.900. The summed E-state index contributed by atoms with van der Waals surface area (Å²) in [5, 5.41) is 18.4. The van der Waals surface area contributed by atoms with Crippen LogP contribution in [0.4, 0.5) is 0 Å². The molecule has 4 nitrogen and oxygen atoms in total. The molecule has 0 aliphatic rings. The van der Waals surface area contributed by atoms with Crippen LogP contribution in [-0.2, 0) is 4.79 Å². The first-order valence-corrected chi connectivity index (χ1v) is 6.39. The molecule has 0 aromatic rings. The minimum Gasteiger partial charge on any atom is -0.479 e.